The Morgan fingerprint density at radius 3 is 1.53 bits per heavy atom. The molecule has 7 atom stereocenters. The summed E-state index contributed by atoms with van der Waals surface area (Å²) in [5.41, 5.74) is 0. The minimum Gasteiger partial charge on any atom is -0.394 e. The fraction of sp³-hybridized carbons (Fsp3) is 0.932. The number of hydrogen-bond acceptors (Lipinski definition) is 8. The summed E-state index contributed by atoms with van der Waals surface area (Å²) < 4.78 is 11.2. The van der Waals surface area contributed by atoms with Crippen LogP contribution in [0.4, 0.5) is 0 Å². The first-order valence-corrected chi connectivity index (χ1v) is 22.4. The summed E-state index contributed by atoms with van der Waals surface area (Å²) in [5, 5.41) is 54.2. The lowest BCUT2D eigenvalue weighted by atomic mass is 9.99. The third-order valence-electron chi connectivity index (χ3n) is 10.9. The first-order valence-electron chi connectivity index (χ1n) is 22.4. The van der Waals surface area contributed by atoms with Crippen LogP contribution in [0, 0.1) is 0 Å². The van der Waals surface area contributed by atoms with Crippen molar-refractivity contribution in [3.63, 3.8) is 0 Å². The van der Waals surface area contributed by atoms with E-state index in [4.69, 9.17) is 9.47 Å². The predicted octanol–water partition coefficient (Wildman–Crippen LogP) is 8.95. The highest BCUT2D eigenvalue weighted by Gasteiger charge is 2.44. The number of allylic oxidation sites excluding steroid dienone is 2. The fourth-order valence-electron chi connectivity index (χ4n) is 7.21. The zero-order valence-corrected chi connectivity index (χ0v) is 34.3. The average molecular weight is 756 g/mol. The number of aliphatic hydroxyl groups excluding tert-OH is 5. The van der Waals surface area contributed by atoms with Crippen molar-refractivity contribution in [3.8, 4) is 0 Å². The van der Waals surface area contributed by atoms with Crippen molar-refractivity contribution in [2.45, 2.75) is 249 Å². The lowest BCUT2D eigenvalue weighted by molar-refractivity contribution is -0.302. The number of carbonyl (C=O) groups excluding carboxylic acids is 1. The summed E-state index contributed by atoms with van der Waals surface area (Å²) >= 11 is 0. The molecule has 0 aromatic carbocycles. The van der Waals surface area contributed by atoms with Crippen LogP contribution in [-0.4, -0.2) is 87.5 Å². The third-order valence-corrected chi connectivity index (χ3v) is 10.9. The molecule has 9 nitrogen and oxygen atoms in total. The monoisotopic (exact) mass is 756 g/mol. The lowest BCUT2D eigenvalue weighted by Gasteiger charge is -2.40. The van der Waals surface area contributed by atoms with Crippen molar-refractivity contribution in [3.05, 3.63) is 12.2 Å². The Bertz CT molecular complexity index is 842. The van der Waals surface area contributed by atoms with Crippen molar-refractivity contribution in [1.29, 1.82) is 0 Å². The van der Waals surface area contributed by atoms with Crippen molar-refractivity contribution in [2.24, 2.45) is 0 Å². The molecule has 1 aliphatic heterocycles. The molecule has 0 aliphatic carbocycles. The topological polar surface area (TPSA) is 149 Å². The Hall–Kier alpha value is -1.07. The van der Waals surface area contributed by atoms with E-state index in [1.807, 2.05) is 0 Å². The quantitative estimate of drug-likeness (QED) is 0.0272. The summed E-state index contributed by atoms with van der Waals surface area (Å²) in [7, 11) is 0. The van der Waals surface area contributed by atoms with Crippen LogP contribution in [0.5, 0.6) is 0 Å². The lowest BCUT2D eigenvalue weighted by Crippen LogP contribution is -2.60. The van der Waals surface area contributed by atoms with Crippen LogP contribution in [0.1, 0.15) is 206 Å². The van der Waals surface area contributed by atoms with E-state index >= 15 is 0 Å². The van der Waals surface area contributed by atoms with Gasteiger partial charge in [0, 0.05) is 6.42 Å². The van der Waals surface area contributed by atoms with E-state index in [1.54, 1.807) is 0 Å². The number of amides is 1. The van der Waals surface area contributed by atoms with Crippen molar-refractivity contribution >= 4 is 5.91 Å². The minimum absolute atomic E-state index is 0.146. The molecule has 2 unspecified atom stereocenters. The molecule has 1 rings (SSSR count). The first kappa shape index (κ1) is 49.9. The number of unbranched alkanes of at least 4 members (excludes halogenated alkanes) is 25. The summed E-state index contributed by atoms with van der Waals surface area (Å²) in [4.78, 5) is 12.9. The first-order chi connectivity index (χ1) is 25.8. The molecule has 1 saturated heterocycles. The van der Waals surface area contributed by atoms with Gasteiger partial charge in [-0.3, -0.25) is 4.79 Å². The molecule has 1 fully saturated rings. The van der Waals surface area contributed by atoms with E-state index in [9.17, 15) is 30.3 Å². The van der Waals surface area contributed by atoms with Crippen molar-refractivity contribution in [2.75, 3.05) is 13.2 Å². The van der Waals surface area contributed by atoms with Gasteiger partial charge in [-0.1, -0.05) is 174 Å². The van der Waals surface area contributed by atoms with E-state index in [0.29, 0.717) is 12.8 Å². The van der Waals surface area contributed by atoms with Crippen molar-refractivity contribution in [1.82, 2.24) is 5.32 Å². The molecule has 0 bridgehead atoms. The maximum atomic E-state index is 12.9. The molecule has 53 heavy (non-hydrogen) atoms. The predicted molar refractivity (Wildman–Crippen MR) is 217 cm³/mol. The zero-order valence-electron chi connectivity index (χ0n) is 34.3. The number of aliphatic hydroxyl groups is 5. The molecule has 6 N–H and O–H groups in total. The number of carbonyl (C=O) groups is 1. The van der Waals surface area contributed by atoms with E-state index in [-0.39, 0.29) is 12.5 Å². The maximum absolute atomic E-state index is 12.9. The molecule has 1 heterocycles. The molecular formula is C44H85NO8. The molecule has 9 heteroatoms. The van der Waals surface area contributed by atoms with E-state index in [0.717, 1.165) is 44.9 Å². The van der Waals surface area contributed by atoms with Gasteiger partial charge in [0.2, 0.25) is 5.91 Å². The van der Waals surface area contributed by atoms with Gasteiger partial charge in [0.25, 0.3) is 0 Å². The highest BCUT2D eigenvalue weighted by molar-refractivity contribution is 5.76. The van der Waals surface area contributed by atoms with Gasteiger partial charge in [0.1, 0.15) is 24.4 Å². The second-order valence-corrected chi connectivity index (χ2v) is 15.8. The standard InChI is InChI=1S/C44H85NO8/c1-3-5-7-9-11-13-15-17-19-21-23-25-27-29-31-33-38(47)37(36-52-44-43(51)42(50)41(49)39(35-46)53-44)45-40(48)34-32-30-28-26-24-22-20-18-16-14-12-10-8-6-4-2/h23,25,37-39,41-44,46-47,49-51H,3-22,24,26-36H2,1-2H3,(H,45,48)/b25-23+/t37-,38+,39-,41-,42?,43?,44-/m0/s1. The fourth-order valence-corrected chi connectivity index (χ4v) is 7.21. The zero-order chi connectivity index (χ0) is 38.8. The molecule has 314 valence electrons. The van der Waals surface area contributed by atoms with Gasteiger partial charge in [-0.05, 0) is 38.5 Å². The Morgan fingerprint density at radius 1 is 0.623 bits per heavy atom. The van der Waals surface area contributed by atoms with Crippen LogP contribution >= 0.6 is 0 Å². The summed E-state index contributed by atoms with van der Waals surface area (Å²) in [6.07, 6.45) is 32.1. The van der Waals surface area contributed by atoms with Crippen LogP contribution in [0.15, 0.2) is 12.2 Å². The number of rotatable bonds is 37. The SMILES string of the molecule is CCCCCCCCCCC/C=C/CCCC[C@@H](O)[C@H](CO[C@H]1O[C@@H](CO)[C@H](O)C(O)C1O)NC(=O)CCCCCCCCCCCCCCCCC. The average Bonchev–Trinajstić information content (AvgIpc) is 3.16. The van der Waals surface area contributed by atoms with Crippen LogP contribution in [0.3, 0.4) is 0 Å². The largest absolute Gasteiger partial charge is 0.394 e. The molecule has 0 spiro atoms. The Balaban J connectivity index is 2.36. The molecule has 1 aliphatic rings. The highest BCUT2D eigenvalue weighted by atomic mass is 16.7. The smallest absolute Gasteiger partial charge is 0.220 e. The highest BCUT2D eigenvalue weighted by Crippen LogP contribution is 2.23. The summed E-state index contributed by atoms with van der Waals surface area (Å²) in [5.74, 6) is -0.152. The summed E-state index contributed by atoms with van der Waals surface area (Å²) in [6, 6.07) is -0.728. The number of nitrogens with one attached hydrogen (secondary N) is 1. The van der Waals surface area contributed by atoms with Crippen LogP contribution in [-0.2, 0) is 14.3 Å². The van der Waals surface area contributed by atoms with Crippen LogP contribution < -0.4 is 5.32 Å². The number of hydrogen-bond donors (Lipinski definition) is 6. The summed E-state index contributed by atoms with van der Waals surface area (Å²) in [6.45, 7) is 3.82. The van der Waals surface area contributed by atoms with E-state index < -0.39 is 49.5 Å². The van der Waals surface area contributed by atoms with Crippen molar-refractivity contribution < 1.29 is 39.8 Å². The normalized spacial score (nSPS) is 21.7. The molecular weight excluding hydrogens is 670 g/mol. The van der Waals surface area contributed by atoms with Gasteiger partial charge in [-0.25, -0.2) is 0 Å². The second kappa shape index (κ2) is 35.4. The molecule has 0 radical (unpaired) electrons. The minimum atomic E-state index is -1.55. The molecule has 0 saturated carbocycles. The number of ether oxygens (including phenoxy) is 2. The van der Waals surface area contributed by atoms with Gasteiger partial charge >= 0.3 is 0 Å². The van der Waals surface area contributed by atoms with Crippen LogP contribution in [0.2, 0.25) is 0 Å². The maximum Gasteiger partial charge on any atom is 0.220 e. The second-order valence-electron chi connectivity index (χ2n) is 15.8. The third kappa shape index (κ3) is 26.4. The Kier molecular flexibility index (Phi) is 33.3. The van der Waals surface area contributed by atoms with E-state index in [2.05, 4.69) is 31.3 Å². The van der Waals surface area contributed by atoms with Gasteiger partial charge in [0.15, 0.2) is 6.29 Å². The van der Waals surface area contributed by atoms with E-state index in [1.165, 1.54) is 135 Å². The molecule has 0 aromatic heterocycles. The van der Waals surface area contributed by atoms with Crippen LogP contribution in [0.25, 0.3) is 0 Å². The van der Waals surface area contributed by atoms with Gasteiger partial charge in [-0.2, -0.15) is 0 Å². The molecule has 1 amide bonds. The van der Waals surface area contributed by atoms with Gasteiger partial charge in [-0.15, -0.1) is 0 Å². The van der Waals surface area contributed by atoms with Gasteiger partial charge < -0.3 is 40.3 Å². The van der Waals surface area contributed by atoms with Gasteiger partial charge in [0.05, 0.1) is 25.4 Å². The Morgan fingerprint density at radius 2 is 1.06 bits per heavy atom. The Labute approximate surface area is 325 Å². The molecule has 0 aromatic rings.